The predicted octanol–water partition coefficient (Wildman–Crippen LogP) is 3.55. The maximum atomic E-state index is 4.53. The lowest BCUT2D eigenvalue weighted by atomic mass is 9.96. The third-order valence-corrected chi connectivity index (χ3v) is 3.37. The summed E-state index contributed by atoms with van der Waals surface area (Å²) in [5.74, 6) is 0.868. The summed E-state index contributed by atoms with van der Waals surface area (Å²) in [6.07, 6.45) is 2.17. The fourth-order valence-corrected chi connectivity index (χ4v) is 1.72. The van der Waals surface area contributed by atoms with Gasteiger partial charge in [0.25, 0.3) is 0 Å². The first-order valence-corrected chi connectivity index (χ1v) is 5.90. The van der Waals surface area contributed by atoms with Crippen LogP contribution in [0.25, 0.3) is 11.0 Å². The average molecular weight is 217 g/mol. The molecule has 0 aliphatic carbocycles. The fraction of sp³-hybridized carbons (Fsp3) is 0.462. The molecule has 2 rings (SSSR count). The number of nitrogens with zero attached hydrogens (tertiary/aromatic N) is 1. The van der Waals surface area contributed by atoms with Gasteiger partial charge in [0, 0.05) is 5.54 Å². The van der Waals surface area contributed by atoms with Crippen molar-refractivity contribution in [2.45, 2.75) is 39.2 Å². The second-order valence-electron chi connectivity index (χ2n) is 4.50. The number of aromatic amines is 1. The molecule has 0 unspecified atom stereocenters. The van der Waals surface area contributed by atoms with Crippen LogP contribution in [-0.4, -0.2) is 15.5 Å². The SMILES string of the molecule is CCC(C)(CC)Nc1nc2ccccc2[nH]1. The Bertz CT molecular complexity index is 436. The zero-order valence-corrected chi connectivity index (χ0v) is 10.2. The Hall–Kier alpha value is -1.51. The summed E-state index contributed by atoms with van der Waals surface area (Å²) in [5.41, 5.74) is 2.22. The Morgan fingerprint density at radius 1 is 1.25 bits per heavy atom. The minimum atomic E-state index is 0.119. The van der Waals surface area contributed by atoms with E-state index in [4.69, 9.17) is 0 Å². The van der Waals surface area contributed by atoms with Crippen LogP contribution in [0.1, 0.15) is 33.6 Å². The number of H-pyrrole nitrogens is 1. The lowest BCUT2D eigenvalue weighted by Crippen LogP contribution is -2.33. The van der Waals surface area contributed by atoms with E-state index in [1.54, 1.807) is 0 Å². The van der Waals surface area contributed by atoms with Gasteiger partial charge >= 0.3 is 0 Å². The monoisotopic (exact) mass is 217 g/mol. The van der Waals surface area contributed by atoms with Crippen molar-refractivity contribution >= 4 is 17.0 Å². The molecule has 2 N–H and O–H groups in total. The molecule has 0 aliphatic rings. The van der Waals surface area contributed by atoms with Crippen LogP contribution in [-0.2, 0) is 0 Å². The summed E-state index contributed by atoms with van der Waals surface area (Å²) < 4.78 is 0. The van der Waals surface area contributed by atoms with Crippen LogP contribution in [0.4, 0.5) is 5.95 Å². The molecule has 0 aliphatic heterocycles. The van der Waals surface area contributed by atoms with Crippen molar-refractivity contribution in [3.63, 3.8) is 0 Å². The molecule has 1 aromatic heterocycles. The molecule has 0 spiro atoms. The summed E-state index contributed by atoms with van der Waals surface area (Å²) in [5, 5.41) is 3.48. The van der Waals surface area contributed by atoms with Gasteiger partial charge in [-0.3, -0.25) is 0 Å². The van der Waals surface area contributed by atoms with Crippen LogP contribution in [0.15, 0.2) is 24.3 Å². The number of benzene rings is 1. The Morgan fingerprint density at radius 2 is 1.94 bits per heavy atom. The normalized spacial score (nSPS) is 11.9. The van der Waals surface area contributed by atoms with Crippen molar-refractivity contribution in [2.75, 3.05) is 5.32 Å². The number of anilines is 1. The minimum absolute atomic E-state index is 0.119. The lowest BCUT2D eigenvalue weighted by Gasteiger charge is -2.27. The largest absolute Gasteiger partial charge is 0.351 e. The number of nitrogens with one attached hydrogen (secondary N) is 2. The zero-order chi connectivity index (χ0) is 11.6. The number of fused-ring (bicyclic) bond motifs is 1. The molecule has 2 aromatic rings. The summed E-state index contributed by atoms with van der Waals surface area (Å²) in [7, 11) is 0. The van der Waals surface area contributed by atoms with E-state index in [0.717, 1.165) is 29.8 Å². The molecule has 0 saturated carbocycles. The molecule has 0 bridgehead atoms. The molecule has 1 heterocycles. The Labute approximate surface area is 96.3 Å². The van der Waals surface area contributed by atoms with Crippen LogP contribution in [0, 0.1) is 0 Å². The third kappa shape index (κ3) is 2.03. The molecular formula is C13H19N3. The van der Waals surface area contributed by atoms with Gasteiger partial charge in [-0.05, 0) is 31.9 Å². The molecule has 3 nitrogen and oxygen atoms in total. The van der Waals surface area contributed by atoms with Crippen LogP contribution >= 0.6 is 0 Å². The van der Waals surface area contributed by atoms with E-state index < -0.39 is 0 Å². The molecule has 0 radical (unpaired) electrons. The van der Waals surface area contributed by atoms with E-state index in [1.807, 2.05) is 24.3 Å². The molecule has 1 aromatic carbocycles. The quantitative estimate of drug-likeness (QED) is 0.822. The molecular weight excluding hydrogens is 198 g/mol. The van der Waals surface area contributed by atoms with Crippen LogP contribution in [0.2, 0.25) is 0 Å². The van der Waals surface area contributed by atoms with Gasteiger partial charge in [-0.15, -0.1) is 0 Å². The molecule has 3 heteroatoms. The number of hydrogen-bond donors (Lipinski definition) is 2. The number of hydrogen-bond acceptors (Lipinski definition) is 2. The summed E-state index contributed by atoms with van der Waals surface area (Å²) in [6, 6.07) is 8.09. The standard InChI is InChI=1S/C13H19N3/c1-4-13(3,5-2)16-12-14-10-8-6-7-9-11(10)15-12/h6-9H,4-5H2,1-3H3,(H2,14,15,16). The lowest BCUT2D eigenvalue weighted by molar-refractivity contribution is 0.475. The maximum absolute atomic E-state index is 4.53. The highest BCUT2D eigenvalue weighted by Crippen LogP contribution is 2.21. The highest BCUT2D eigenvalue weighted by atomic mass is 15.2. The molecule has 16 heavy (non-hydrogen) atoms. The Kier molecular flexibility index (Phi) is 2.86. The number of rotatable bonds is 4. The predicted molar refractivity (Wildman–Crippen MR) is 68.7 cm³/mol. The number of imidazole rings is 1. The zero-order valence-electron chi connectivity index (χ0n) is 10.2. The highest BCUT2D eigenvalue weighted by Gasteiger charge is 2.20. The highest BCUT2D eigenvalue weighted by molar-refractivity contribution is 5.77. The van der Waals surface area contributed by atoms with Gasteiger partial charge in [0.05, 0.1) is 11.0 Å². The van der Waals surface area contributed by atoms with Gasteiger partial charge < -0.3 is 10.3 Å². The van der Waals surface area contributed by atoms with Gasteiger partial charge in [-0.25, -0.2) is 4.98 Å². The van der Waals surface area contributed by atoms with Gasteiger partial charge in [0.1, 0.15) is 0 Å². The maximum Gasteiger partial charge on any atom is 0.201 e. The van der Waals surface area contributed by atoms with Gasteiger partial charge in [0.15, 0.2) is 0 Å². The van der Waals surface area contributed by atoms with Crippen LogP contribution < -0.4 is 5.32 Å². The first-order valence-electron chi connectivity index (χ1n) is 5.90. The minimum Gasteiger partial charge on any atom is -0.351 e. The Balaban J connectivity index is 2.27. The van der Waals surface area contributed by atoms with E-state index in [-0.39, 0.29) is 5.54 Å². The summed E-state index contributed by atoms with van der Waals surface area (Å²) in [6.45, 7) is 6.61. The van der Waals surface area contributed by atoms with Crippen molar-refractivity contribution in [1.29, 1.82) is 0 Å². The summed E-state index contributed by atoms with van der Waals surface area (Å²) in [4.78, 5) is 7.82. The first-order chi connectivity index (χ1) is 7.67. The second-order valence-corrected chi connectivity index (χ2v) is 4.50. The van der Waals surface area contributed by atoms with Crippen molar-refractivity contribution in [2.24, 2.45) is 0 Å². The molecule has 0 saturated heterocycles. The topological polar surface area (TPSA) is 40.7 Å². The van der Waals surface area contributed by atoms with E-state index in [2.05, 4.69) is 36.1 Å². The van der Waals surface area contributed by atoms with Gasteiger partial charge in [-0.2, -0.15) is 0 Å². The van der Waals surface area contributed by atoms with E-state index in [0.29, 0.717) is 0 Å². The van der Waals surface area contributed by atoms with Crippen molar-refractivity contribution in [1.82, 2.24) is 9.97 Å². The number of aromatic nitrogens is 2. The van der Waals surface area contributed by atoms with Crippen LogP contribution in [0.5, 0.6) is 0 Å². The Morgan fingerprint density at radius 3 is 2.56 bits per heavy atom. The molecule has 86 valence electrons. The van der Waals surface area contributed by atoms with Crippen molar-refractivity contribution in [3.05, 3.63) is 24.3 Å². The van der Waals surface area contributed by atoms with E-state index in [1.165, 1.54) is 0 Å². The number of para-hydroxylation sites is 2. The molecule has 0 fully saturated rings. The van der Waals surface area contributed by atoms with Crippen molar-refractivity contribution in [3.8, 4) is 0 Å². The van der Waals surface area contributed by atoms with E-state index >= 15 is 0 Å². The molecule has 0 atom stereocenters. The summed E-state index contributed by atoms with van der Waals surface area (Å²) >= 11 is 0. The average Bonchev–Trinajstić information content (AvgIpc) is 2.70. The van der Waals surface area contributed by atoms with Gasteiger partial charge in [-0.1, -0.05) is 26.0 Å². The first kappa shape index (κ1) is 11.0. The fourth-order valence-electron chi connectivity index (χ4n) is 1.72. The third-order valence-electron chi connectivity index (χ3n) is 3.37. The second kappa shape index (κ2) is 4.16. The van der Waals surface area contributed by atoms with E-state index in [9.17, 15) is 0 Å². The van der Waals surface area contributed by atoms with Crippen molar-refractivity contribution < 1.29 is 0 Å². The van der Waals surface area contributed by atoms with Crippen LogP contribution in [0.3, 0.4) is 0 Å². The molecule has 0 amide bonds. The smallest absolute Gasteiger partial charge is 0.201 e. The van der Waals surface area contributed by atoms with Gasteiger partial charge in [0.2, 0.25) is 5.95 Å².